The predicted octanol–water partition coefficient (Wildman–Crippen LogP) is 2.36. The quantitative estimate of drug-likeness (QED) is 0.487. The van der Waals surface area contributed by atoms with Gasteiger partial charge >= 0.3 is 5.97 Å². The number of benzene rings is 1. The first-order valence-corrected chi connectivity index (χ1v) is 7.38. The lowest BCUT2D eigenvalue weighted by Gasteiger charge is -1.98. The van der Waals surface area contributed by atoms with E-state index in [0.717, 1.165) is 27.9 Å². The van der Waals surface area contributed by atoms with Crippen molar-refractivity contribution in [2.75, 3.05) is 0 Å². The Kier molecular flexibility index (Phi) is 4.92. The van der Waals surface area contributed by atoms with Crippen molar-refractivity contribution in [1.29, 1.82) is 0 Å². The van der Waals surface area contributed by atoms with E-state index in [-0.39, 0.29) is 10.1 Å². The lowest BCUT2D eigenvalue weighted by molar-refractivity contribution is -0.131. The van der Waals surface area contributed by atoms with Crippen molar-refractivity contribution in [1.82, 2.24) is 5.32 Å². The summed E-state index contributed by atoms with van der Waals surface area (Å²) >= 11 is 4.29. The van der Waals surface area contributed by atoms with E-state index in [0.29, 0.717) is 5.71 Å². The van der Waals surface area contributed by atoms with Gasteiger partial charge in [0.25, 0.3) is 5.91 Å². The number of amidine groups is 1. The van der Waals surface area contributed by atoms with Crippen LogP contribution in [0.25, 0.3) is 0 Å². The number of nitrogens with zero attached hydrogens (tertiary/aromatic N) is 2. The van der Waals surface area contributed by atoms with Crippen molar-refractivity contribution in [3.8, 4) is 0 Å². The van der Waals surface area contributed by atoms with E-state index in [1.54, 1.807) is 6.92 Å². The number of carbonyl (C=O) groups excluding carboxylic acids is 1. The van der Waals surface area contributed by atoms with Gasteiger partial charge in [-0.3, -0.25) is 10.1 Å². The molecule has 0 bridgehead atoms. The van der Waals surface area contributed by atoms with Crippen molar-refractivity contribution in [2.24, 2.45) is 10.2 Å². The summed E-state index contributed by atoms with van der Waals surface area (Å²) < 4.78 is 0.965. The van der Waals surface area contributed by atoms with Crippen LogP contribution in [0.15, 0.2) is 49.9 Å². The fraction of sp³-hybridized carbons (Fsp3) is 0.0769. The summed E-state index contributed by atoms with van der Waals surface area (Å²) in [7, 11) is 0. The van der Waals surface area contributed by atoms with E-state index in [9.17, 15) is 9.59 Å². The predicted molar refractivity (Wildman–Crippen MR) is 85.2 cm³/mol. The van der Waals surface area contributed by atoms with Crippen LogP contribution in [0.3, 0.4) is 0 Å². The molecule has 1 aromatic carbocycles. The first-order chi connectivity index (χ1) is 9.95. The third-order valence-electron chi connectivity index (χ3n) is 2.46. The zero-order valence-corrected chi connectivity index (χ0v) is 13.2. The normalized spacial score (nSPS) is 19.1. The minimum Gasteiger partial charge on any atom is -0.478 e. The topological polar surface area (TPSA) is 91.1 Å². The zero-order chi connectivity index (χ0) is 15.4. The number of carbonyl (C=O) groups is 2. The Hall–Kier alpha value is -1.93. The van der Waals surface area contributed by atoms with Crippen LogP contribution in [0.5, 0.6) is 0 Å². The van der Waals surface area contributed by atoms with Crippen molar-refractivity contribution in [3.63, 3.8) is 0 Å². The number of nitrogens with one attached hydrogen (secondary N) is 1. The third-order valence-corrected chi connectivity index (χ3v) is 3.89. The molecule has 0 aromatic heterocycles. The standard InChI is InChI=1S/C13H10BrN3O3S/c1-7(8-2-4-9(14)5-3-8)16-17-13-15-12(20)10(21-13)6-11(18)19/h2-6H,1H3,(H,18,19)(H,15,17,20)/b10-6-,16-7+. The molecule has 6 nitrogen and oxygen atoms in total. The molecule has 0 radical (unpaired) electrons. The Morgan fingerprint density at radius 3 is 2.67 bits per heavy atom. The minimum atomic E-state index is -1.18. The van der Waals surface area contributed by atoms with Gasteiger partial charge in [0, 0.05) is 10.5 Å². The SMILES string of the molecule is C/C(=N\N=C1NC(=O)/C(=C/C(=O)O)S1)c1ccc(Br)cc1. The van der Waals surface area contributed by atoms with Crippen LogP contribution in [0, 0.1) is 0 Å². The second-order valence-electron chi connectivity index (χ2n) is 4.00. The van der Waals surface area contributed by atoms with E-state index in [4.69, 9.17) is 5.11 Å². The summed E-state index contributed by atoms with van der Waals surface area (Å²) in [6.45, 7) is 1.79. The molecule has 1 amide bonds. The Labute approximate surface area is 133 Å². The third kappa shape index (κ3) is 4.27. The first kappa shape index (κ1) is 15.5. The Balaban J connectivity index is 2.14. The summed E-state index contributed by atoms with van der Waals surface area (Å²) in [6.07, 6.45) is 0.841. The van der Waals surface area contributed by atoms with Crippen LogP contribution in [0.2, 0.25) is 0 Å². The summed E-state index contributed by atoms with van der Waals surface area (Å²) in [5, 5.41) is 19.3. The van der Waals surface area contributed by atoms with Gasteiger partial charge in [0.1, 0.15) is 0 Å². The number of hydrogen-bond donors (Lipinski definition) is 2. The number of carboxylic acid groups (broad SMARTS) is 1. The average molecular weight is 368 g/mol. The van der Waals surface area contributed by atoms with Crippen LogP contribution in [0.4, 0.5) is 0 Å². The van der Waals surface area contributed by atoms with Crippen molar-refractivity contribution >= 4 is 50.4 Å². The molecule has 8 heteroatoms. The van der Waals surface area contributed by atoms with Crippen molar-refractivity contribution < 1.29 is 14.7 Å². The number of halogens is 1. The van der Waals surface area contributed by atoms with Gasteiger partial charge in [-0.15, -0.1) is 5.10 Å². The van der Waals surface area contributed by atoms with Gasteiger partial charge < -0.3 is 5.11 Å². The molecule has 0 atom stereocenters. The number of aliphatic carboxylic acids is 1. The van der Waals surface area contributed by atoms with Crippen molar-refractivity contribution in [2.45, 2.75) is 6.92 Å². The van der Waals surface area contributed by atoms with Gasteiger partial charge in [0.05, 0.1) is 10.6 Å². The maximum Gasteiger partial charge on any atom is 0.329 e. The van der Waals surface area contributed by atoms with E-state index >= 15 is 0 Å². The lowest BCUT2D eigenvalue weighted by atomic mass is 10.1. The first-order valence-electron chi connectivity index (χ1n) is 5.78. The second-order valence-corrected chi connectivity index (χ2v) is 5.95. The highest BCUT2D eigenvalue weighted by Gasteiger charge is 2.24. The number of thioether (sulfide) groups is 1. The highest BCUT2D eigenvalue weighted by atomic mass is 79.9. The molecule has 1 aromatic rings. The smallest absolute Gasteiger partial charge is 0.329 e. The summed E-state index contributed by atoms with van der Waals surface area (Å²) in [5.41, 5.74) is 1.58. The summed E-state index contributed by atoms with van der Waals surface area (Å²) in [4.78, 5) is 22.1. The molecule has 1 aliphatic rings. The number of carboxylic acids is 1. The van der Waals surface area contributed by atoms with Crippen LogP contribution in [-0.2, 0) is 9.59 Å². The maximum absolute atomic E-state index is 11.5. The molecule has 0 unspecified atom stereocenters. The molecule has 1 heterocycles. The highest BCUT2D eigenvalue weighted by Crippen LogP contribution is 2.23. The molecule has 0 aliphatic carbocycles. The second kappa shape index (κ2) is 6.68. The molecule has 21 heavy (non-hydrogen) atoms. The Bertz CT molecular complexity index is 680. The molecule has 1 saturated heterocycles. The van der Waals surface area contributed by atoms with Gasteiger partial charge in [0.2, 0.25) is 0 Å². The molecule has 108 valence electrons. The molecule has 1 fully saturated rings. The summed E-state index contributed by atoms with van der Waals surface area (Å²) in [5.74, 6) is -1.67. The van der Waals surface area contributed by atoms with Crippen molar-refractivity contribution in [3.05, 3.63) is 45.3 Å². The fourth-order valence-corrected chi connectivity index (χ4v) is 2.46. The Morgan fingerprint density at radius 2 is 2.05 bits per heavy atom. The van der Waals surface area contributed by atoms with Crippen LogP contribution < -0.4 is 5.32 Å². The minimum absolute atomic E-state index is 0.0812. The van der Waals surface area contributed by atoms with Crippen LogP contribution in [-0.4, -0.2) is 27.9 Å². The number of amides is 1. The molecule has 1 aliphatic heterocycles. The van der Waals surface area contributed by atoms with Gasteiger partial charge in [0.15, 0.2) is 5.17 Å². The number of rotatable bonds is 3. The molecule has 2 rings (SSSR count). The monoisotopic (exact) mass is 367 g/mol. The summed E-state index contributed by atoms with van der Waals surface area (Å²) in [6, 6.07) is 7.56. The van der Waals surface area contributed by atoms with Gasteiger partial charge in [-0.1, -0.05) is 28.1 Å². The molecule has 0 saturated carbocycles. The lowest BCUT2D eigenvalue weighted by Crippen LogP contribution is -2.19. The molecule has 0 spiro atoms. The van der Waals surface area contributed by atoms with Crippen LogP contribution in [0.1, 0.15) is 12.5 Å². The maximum atomic E-state index is 11.5. The van der Waals surface area contributed by atoms with Gasteiger partial charge in [-0.2, -0.15) is 5.10 Å². The van der Waals surface area contributed by atoms with E-state index in [1.807, 2.05) is 24.3 Å². The number of hydrogen-bond acceptors (Lipinski definition) is 5. The van der Waals surface area contributed by atoms with E-state index in [1.165, 1.54) is 0 Å². The van der Waals surface area contributed by atoms with E-state index in [2.05, 4.69) is 31.4 Å². The Morgan fingerprint density at radius 1 is 1.38 bits per heavy atom. The average Bonchev–Trinajstić information content (AvgIpc) is 2.77. The highest BCUT2D eigenvalue weighted by molar-refractivity contribution is 9.10. The van der Waals surface area contributed by atoms with Gasteiger partial charge in [-0.25, -0.2) is 4.79 Å². The molecule has 2 N–H and O–H groups in total. The largest absolute Gasteiger partial charge is 0.478 e. The zero-order valence-electron chi connectivity index (χ0n) is 10.8. The van der Waals surface area contributed by atoms with E-state index < -0.39 is 11.9 Å². The molecular formula is C13H10BrN3O3S. The fourth-order valence-electron chi connectivity index (χ4n) is 1.46. The van der Waals surface area contributed by atoms with Crippen LogP contribution >= 0.6 is 27.7 Å². The van der Waals surface area contributed by atoms with Gasteiger partial charge in [-0.05, 0) is 36.4 Å². The molecular weight excluding hydrogens is 358 g/mol.